The number of hydrogen-bond donors (Lipinski definition) is 0. The Morgan fingerprint density at radius 1 is 1.00 bits per heavy atom. The zero-order valence-electron chi connectivity index (χ0n) is 17.7. The molecule has 3 fully saturated rings. The van der Waals surface area contributed by atoms with Crippen LogP contribution in [0.3, 0.4) is 0 Å². The monoisotopic (exact) mass is 364 g/mol. The van der Waals surface area contributed by atoms with Gasteiger partial charge in [0, 0.05) is 43.0 Å². The maximum atomic E-state index is 2.80. The highest BCUT2D eigenvalue weighted by molar-refractivity contribution is 5.79. The molecule has 0 aromatic heterocycles. The fraction of sp³-hybridized carbons (Fsp3) is 0.680. The van der Waals surface area contributed by atoms with Crippen LogP contribution in [-0.2, 0) is 0 Å². The summed E-state index contributed by atoms with van der Waals surface area (Å²) in [5, 5.41) is 0. The summed E-state index contributed by atoms with van der Waals surface area (Å²) in [4.78, 5) is 5.55. The Balaban J connectivity index is 1.42. The van der Waals surface area contributed by atoms with E-state index < -0.39 is 0 Å². The van der Waals surface area contributed by atoms with Crippen molar-refractivity contribution in [3.05, 3.63) is 35.9 Å². The molecule has 2 aliphatic carbocycles. The molecule has 5 rings (SSSR count). The van der Waals surface area contributed by atoms with Crippen molar-refractivity contribution >= 4 is 11.3 Å². The largest absolute Gasteiger partial charge is 0.365 e. The number of rotatable bonds is 4. The fourth-order valence-corrected chi connectivity index (χ4v) is 6.45. The summed E-state index contributed by atoms with van der Waals surface area (Å²) >= 11 is 0. The van der Waals surface area contributed by atoms with Crippen molar-refractivity contribution in [1.29, 1.82) is 0 Å². The summed E-state index contributed by atoms with van der Waals surface area (Å²) in [5.41, 5.74) is 5.24. The van der Waals surface area contributed by atoms with Gasteiger partial charge in [-0.05, 0) is 60.5 Å². The van der Waals surface area contributed by atoms with Crippen LogP contribution in [0.5, 0.6) is 0 Å². The number of likely N-dealkylation sites (tertiary alicyclic amines) is 1. The molecule has 4 aliphatic rings. The molecule has 2 unspecified atom stereocenters. The van der Waals surface area contributed by atoms with Gasteiger partial charge in [0.05, 0.1) is 0 Å². The highest BCUT2D eigenvalue weighted by Gasteiger charge is 2.45. The molecule has 1 aromatic rings. The summed E-state index contributed by atoms with van der Waals surface area (Å²) in [6.07, 6.45) is 9.36. The van der Waals surface area contributed by atoms with Crippen LogP contribution in [0.15, 0.2) is 30.3 Å². The maximum Gasteiger partial charge on any atom is 0.0446 e. The zero-order chi connectivity index (χ0) is 18.8. The Kier molecular flexibility index (Phi) is 4.03. The number of piperazine rings is 1. The van der Waals surface area contributed by atoms with E-state index in [1.807, 2.05) is 0 Å². The normalized spacial score (nSPS) is 32.0. The number of fused-ring (bicyclic) bond motifs is 2. The minimum atomic E-state index is 0.287. The molecule has 2 saturated heterocycles. The summed E-state index contributed by atoms with van der Waals surface area (Å²) in [5.74, 6) is 1.02. The van der Waals surface area contributed by atoms with Gasteiger partial charge in [-0.25, -0.2) is 0 Å². The van der Waals surface area contributed by atoms with Crippen LogP contribution < -0.4 is 4.90 Å². The Hall–Kier alpha value is -1.28. The highest BCUT2D eigenvalue weighted by atomic mass is 15.4. The zero-order valence-corrected chi connectivity index (χ0v) is 17.7. The molecule has 2 heterocycles. The second-order valence-corrected chi connectivity index (χ2v) is 11.3. The maximum absolute atomic E-state index is 2.80. The molecule has 2 heteroatoms. The van der Waals surface area contributed by atoms with Gasteiger partial charge in [0.1, 0.15) is 0 Å². The molecule has 0 spiro atoms. The number of para-hydroxylation sites is 1. The number of allylic oxidation sites excluding steroid dienone is 2. The molecule has 1 saturated carbocycles. The van der Waals surface area contributed by atoms with Crippen LogP contribution in [0, 0.1) is 16.7 Å². The number of nitrogens with zero attached hydrogens (tertiary/aromatic N) is 2. The average molecular weight is 365 g/mol. The van der Waals surface area contributed by atoms with Crippen LogP contribution >= 0.6 is 0 Å². The SMILES string of the molecule is CC1(C)C=C(c2ccccc2N2CC3CC2CN3CC2CC2)CC(C)(C)C1. The summed E-state index contributed by atoms with van der Waals surface area (Å²) in [6, 6.07) is 10.8. The highest BCUT2D eigenvalue weighted by Crippen LogP contribution is 2.49. The van der Waals surface area contributed by atoms with E-state index in [4.69, 9.17) is 0 Å². The molecule has 2 aliphatic heterocycles. The van der Waals surface area contributed by atoms with Crippen LogP contribution in [0.4, 0.5) is 5.69 Å². The Morgan fingerprint density at radius 3 is 2.44 bits per heavy atom. The lowest BCUT2D eigenvalue weighted by Crippen LogP contribution is -2.47. The number of anilines is 1. The van der Waals surface area contributed by atoms with Gasteiger partial charge in [0.2, 0.25) is 0 Å². The van der Waals surface area contributed by atoms with Gasteiger partial charge in [0.25, 0.3) is 0 Å². The van der Waals surface area contributed by atoms with E-state index >= 15 is 0 Å². The van der Waals surface area contributed by atoms with Crippen LogP contribution in [0.25, 0.3) is 5.57 Å². The molecule has 2 atom stereocenters. The predicted octanol–water partition coefficient (Wildman–Crippen LogP) is 5.59. The van der Waals surface area contributed by atoms with E-state index in [1.54, 1.807) is 5.57 Å². The average Bonchev–Trinajstić information content (AvgIpc) is 3.17. The van der Waals surface area contributed by atoms with E-state index in [0.29, 0.717) is 5.41 Å². The van der Waals surface area contributed by atoms with Gasteiger partial charge >= 0.3 is 0 Å². The third-order valence-electron chi connectivity index (χ3n) is 7.27. The molecule has 146 valence electrons. The third kappa shape index (κ3) is 3.46. The van der Waals surface area contributed by atoms with Gasteiger partial charge in [-0.1, -0.05) is 52.0 Å². The van der Waals surface area contributed by atoms with E-state index in [9.17, 15) is 0 Å². The van der Waals surface area contributed by atoms with Crippen LogP contribution in [0.1, 0.15) is 65.4 Å². The first-order chi connectivity index (χ1) is 12.8. The van der Waals surface area contributed by atoms with Crippen molar-refractivity contribution in [2.45, 2.75) is 71.9 Å². The molecule has 0 N–H and O–H groups in total. The molecule has 2 bridgehead atoms. The third-order valence-corrected chi connectivity index (χ3v) is 7.27. The van der Waals surface area contributed by atoms with E-state index in [2.05, 4.69) is 67.8 Å². The molecule has 27 heavy (non-hydrogen) atoms. The summed E-state index contributed by atoms with van der Waals surface area (Å²) < 4.78 is 0. The van der Waals surface area contributed by atoms with Crippen molar-refractivity contribution in [2.75, 3.05) is 24.5 Å². The van der Waals surface area contributed by atoms with Gasteiger partial charge < -0.3 is 4.90 Å². The fourth-order valence-electron chi connectivity index (χ4n) is 6.45. The molecule has 1 aromatic carbocycles. The second kappa shape index (κ2) is 6.11. The summed E-state index contributed by atoms with van der Waals surface area (Å²) in [7, 11) is 0. The van der Waals surface area contributed by atoms with Crippen molar-refractivity contribution in [2.24, 2.45) is 16.7 Å². The Labute approximate surface area is 165 Å². The lowest BCUT2D eigenvalue weighted by Gasteiger charge is -2.41. The van der Waals surface area contributed by atoms with E-state index in [1.165, 1.54) is 63.0 Å². The topological polar surface area (TPSA) is 6.48 Å². The molecule has 0 radical (unpaired) electrons. The lowest BCUT2D eigenvalue weighted by atomic mass is 9.65. The number of hydrogen-bond acceptors (Lipinski definition) is 2. The van der Waals surface area contributed by atoms with Crippen molar-refractivity contribution in [3.8, 4) is 0 Å². The minimum absolute atomic E-state index is 0.287. The van der Waals surface area contributed by atoms with E-state index in [-0.39, 0.29) is 5.41 Å². The molecule has 0 amide bonds. The predicted molar refractivity (Wildman–Crippen MR) is 115 cm³/mol. The van der Waals surface area contributed by atoms with Gasteiger partial charge in [-0.15, -0.1) is 0 Å². The quantitative estimate of drug-likeness (QED) is 0.687. The lowest BCUT2D eigenvalue weighted by molar-refractivity contribution is 0.227. The Bertz CT molecular complexity index is 755. The van der Waals surface area contributed by atoms with Crippen LogP contribution in [0.2, 0.25) is 0 Å². The number of benzene rings is 1. The standard InChI is InChI=1S/C25H36N2/c1-24(2)12-19(13-25(3,4)17-24)22-7-5-6-8-23(22)27-16-20-11-21(27)15-26(20)14-18-9-10-18/h5-8,12,18,20-21H,9-11,13-17H2,1-4H3. The van der Waals surface area contributed by atoms with Crippen molar-refractivity contribution in [1.82, 2.24) is 4.90 Å². The van der Waals surface area contributed by atoms with E-state index in [0.717, 1.165) is 18.0 Å². The first-order valence-electron chi connectivity index (χ1n) is 11.1. The first-order valence-corrected chi connectivity index (χ1v) is 11.1. The minimum Gasteiger partial charge on any atom is -0.365 e. The van der Waals surface area contributed by atoms with Gasteiger partial charge in [-0.2, -0.15) is 0 Å². The van der Waals surface area contributed by atoms with Gasteiger partial charge in [-0.3, -0.25) is 4.90 Å². The van der Waals surface area contributed by atoms with Gasteiger partial charge in [0.15, 0.2) is 0 Å². The smallest absolute Gasteiger partial charge is 0.0446 e. The first kappa shape index (κ1) is 17.8. The van der Waals surface area contributed by atoms with Crippen LogP contribution in [-0.4, -0.2) is 36.6 Å². The Morgan fingerprint density at radius 2 is 1.78 bits per heavy atom. The van der Waals surface area contributed by atoms with Crippen molar-refractivity contribution < 1.29 is 0 Å². The second-order valence-electron chi connectivity index (χ2n) is 11.3. The molecular weight excluding hydrogens is 328 g/mol. The van der Waals surface area contributed by atoms with Crippen molar-refractivity contribution in [3.63, 3.8) is 0 Å². The summed E-state index contributed by atoms with van der Waals surface area (Å²) in [6.45, 7) is 13.6. The molecule has 2 nitrogen and oxygen atoms in total. The molecular formula is C25H36N2.